The van der Waals surface area contributed by atoms with Gasteiger partial charge in [-0.2, -0.15) is 5.10 Å². The van der Waals surface area contributed by atoms with Gasteiger partial charge in [0.1, 0.15) is 5.82 Å². The number of urea groups is 1. The maximum absolute atomic E-state index is 12.2. The highest BCUT2D eigenvalue weighted by Crippen LogP contribution is 2.31. The van der Waals surface area contributed by atoms with Gasteiger partial charge >= 0.3 is 6.03 Å². The zero-order valence-corrected chi connectivity index (χ0v) is 18.7. The molecule has 172 valence electrons. The van der Waals surface area contributed by atoms with E-state index >= 15 is 0 Å². The molecule has 0 spiro atoms. The van der Waals surface area contributed by atoms with E-state index in [0.29, 0.717) is 43.6 Å². The Hall–Kier alpha value is -3.50. The molecule has 1 saturated heterocycles. The molecule has 1 fully saturated rings. The molecule has 33 heavy (non-hydrogen) atoms. The molecule has 0 radical (unpaired) electrons. The number of nitrogens with zero attached hydrogens (tertiary/aromatic N) is 5. The Labute approximate surface area is 191 Å². The summed E-state index contributed by atoms with van der Waals surface area (Å²) >= 11 is 0. The molecule has 2 aromatic heterocycles. The molecule has 10 nitrogen and oxygen atoms in total. The molecule has 2 aliphatic rings. The van der Waals surface area contributed by atoms with Gasteiger partial charge in [0.25, 0.3) is 0 Å². The summed E-state index contributed by atoms with van der Waals surface area (Å²) in [6.07, 6.45) is 4.09. The maximum Gasteiger partial charge on any atom is 0.323 e. The number of fused-ring (bicyclic) bond motifs is 1. The number of hydrogen-bond acceptors (Lipinski definition) is 7. The van der Waals surface area contributed by atoms with Crippen molar-refractivity contribution in [3.63, 3.8) is 0 Å². The number of hydrogen-bond donors (Lipinski definition) is 2. The van der Waals surface area contributed by atoms with E-state index in [9.17, 15) is 4.79 Å². The first-order valence-electron chi connectivity index (χ1n) is 11.1. The molecule has 2 amide bonds. The maximum atomic E-state index is 12.2. The van der Waals surface area contributed by atoms with Gasteiger partial charge in [-0.1, -0.05) is 0 Å². The summed E-state index contributed by atoms with van der Waals surface area (Å²) in [5.41, 5.74) is 4.31. The topological polar surface area (TPSA) is 106 Å². The molecule has 4 heterocycles. The third-order valence-electron chi connectivity index (χ3n) is 5.80. The van der Waals surface area contributed by atoms with Gasteiger partial charge in [-0.05, 0) is 31.2 Å². The molecule has 1 aromatic carbocycles. The van der Waals surface area contributed by atoms with Gasteiger partial charge < -0.3 is 25.0 Å². The van der Waals surface area contributed by atoms with Crippen LogP contribution < -0.4 is 15.5 Å². The van der Waals surface area contributed by atoms with Crippen molar-refractivity contribution in [1.29, 1.82) is 0 Å². The summed E-state index contributed by atoms with van der Waals surface area (Å²) in [4.78, 5) is 24.3. The Bertz CT molecular complexity index is 1150. The predicted octanol–water partition coefficient (Wildman–Crippen LogP) is 2.82. The van der Waals surface area contributed by atoms with Gasteiger partial charge in [-0.15, -0.1) is 0 Å². The summed E-state index contributed by atoms with van der Waals surface area (Å²) in [7, 11) is 1.79. The molecular weight excluding hydrogens is 422 g/mol. The largest absolute Gasteiger partial charge is 0.377 e. The second kappa shape index (κ2) is 9.16. The molecule has 5 rings (SSSR count). The normalized spacial score (nSPS) is 18.0. The van der Waals surface area contributed by atoms with Crippen LogP contribution >= 0.6 is 0 Å². The summed E-state index contributed by atoms with van der Waals surface area (Å²) in [5.74, 6) is 1.61. The second-order valence-electron chi connectivity index (χ2n) is 8.28. The van der Waals surface area contributed by atoms with Crippen molar-refractivity contribution in [2.45, 2.75) is 26.0 Å². The highest BCUT2D eigenvalue weighted by Gasteiger charge is 2.27. The van der Waals surface area contributed by atoms with Gasteiger partial charge in [-0.25, -0.2) is 14.8 Å². The fraction of sp³-hybridized carbons (Fsp3) is 0.391. The van der Waals surface area contributed by atoms with Crippen molar-refractivity contribution in [1.82, 2.24) is 19.7 Å². The van der Waals surface area contributed by atoms with E-state index in [1.165, 1.54) is 0 Å². The first-order valence-corrected chi connectivity index (χ1v) is 11.1. The monoisotopic (exact) mass is 449 g/mol. The standard InChI is InChI=1S/C23H27N7O3/c1-15-13-33-10-8-30(15)22-19-14-32-9-7-20(19)27-21(28-22)16-3-5-17(6-4-16)25-23(31)26-18-11-24-29(2)12-18/h3-6,11-12,15H,7-10,13-14H2,1-2H3,(H2,25,26,31)/t15-/m0/s1. The van der Waals surface area contributed by atoms with Crippen molar-refractivity contribution >= 4 is 23.2 Å². The van der Waals surface area contributed by atoms with E-state index in [1.54, 1.807) is 24.1 Å². The Morgan fingerprint density at radius 3 is 2.67 bits per heavy atom. The number of anilines is 3. The van der Waals surface area contributed by atoms with Crippen molar-refractivity contribution in [3.05, 3.63) is 47.9 Å². The van der Waals surface area contributed by atoms with Crippen LogP contribution in [-0.2, 0) is 29.5 Å². The third kappa shape index (κ3) is 4.67. The quantitative estimate of drug-likeness (QED) is 0.631. The molecule has 0 unspecified atom stereocenters. The van der Waals surface area contributed by atoms with E-state index < -0.39 is 0 Å². The Morgan fingerprint density at radius 1 is 1.09 bits per heavy atom. The Kier molecular flexibility index (Phi) is 5.93. The highest BCUT2D eigenvalue weighted by atomic mass is 16.5. The smallest absolute Gasteiger partial charge is 0.323 e. The van der Waals surface area contributed by atoms with Crippen LogP contribution in [0.2, 0.25) is 0 Å². The first kappa shape index (κ1) is 21.4. The van der Waals surface area contributed by atoms with E-state index in [0.717, 1.165) is 35.6 Å². The second-order valence-corrected chi connectivity index (χ2v) is 8.28. The number of rotatable bonds is 4. The number of amides is 2. The van der Waals surface area contributed by atoms with Gasteiger partial charge in [0.15, 0.2) is 5.82 Å². The van der Waals surface area contributed by atoms with Crippen LogP contribution in [0.15, 0.2) is 36.7 Å². The van der Waals surface area contributed by atoms with Crippen LogP contribution in [0.4, 0.5) is 22.0 Å². The molecule has 0 bridgehead atoms. The molecule has 0 saturated carbocycles. The predicted molar refractivity (Wildman–Crippen MR) is 124 cm³/mol. The first-order chi connectivity index (χ1) is 16.1. The van der Waals surface area contributed by atoms with Crippen LogP contribution in [0.5, 0.6) is 0 Å². The molecule has 10 heteroatoms. The summed E-state index contributed by atoms with van der Waals surface area (Å²) < 4.78 is 13.0. The van der Waals surface area contributed by atoms with E-state index in [1.807, 2.05) is 24.3 Å². The van der Waals surface area contributed by atoms with Crippen molar-refractivity contribution in [2.24, 2.45) is 7.05 Å². The number of nitrogens with one attached hydrogen (secondary N) is 2. The van der Waals surface area contributed by atoms with E-state index in [2.05, 4.69) is 27.6 Å². The number of carbonyl (C=O) groups excluding carboxylic acids is 1. The fourth-order valence-corrected chi connectivity index (χ4v) is 4.11. The number of aromatic nitrogens is 4. The lowest BCUT2D eigenvalue weighted by Gasteiger charge is -2.36. The summed E-state index contributed by atoms with van der Waals surface area (Å²) in [5, 5.41) is 9.62. The van der Waals surface area contributed by atoms with Crippen LogP contribution in [-0.4, -0.2) is 58.2 Å². The van der Waals surface area contributed by atoms with Crippen molar-refractivity contribution < 1.29 is 14.3 Å². The molecular formula is C23H27N7O3. The molecule has 2 aliphatic heterocycles. The zero-order chi connectivity index (χ0) is 22.8. The van der Waals surface area contributed by atoms with Crippen LogP contribution in [0.1, 0.15) is 18.2 Å². The summed E-state index contributed by atoms with van der Waals surface area (Å²) in [6, 6.07) is 7.45. The number of benzene rings is 1. The lowest BCUT2D eigenvalue weighted by atomic mass is 10.1. The average Bonchev–Trinajstić information content (AvgIpc) is 3.23. The van der Waals surface area contributed by atoms with Gasteiger partial charge in [0.05, 0.1) is 50.0 Å². The number of aryl methyl sites for hydroxylation is 1. The van der Waals surface area contributed by atoms with E-state index in [-0.39, 0.29) is 12.1 Å². The number of carbonyl (C=O) groups is 1. The SMILES string of the molecule is C[C@H]1COCCN1c1nc(-c2ccc(NC(=O)Nc3cnn(C)c3)cc2)nc2c1COCC2. The Balaban J connectivity index is 1.37. The van der Waals surface area contributed by atoms with Crippen LogP contribution in [0, 0.1) is 0 Å². The minimum absolute atomic E-state index is 0.234. The zero-order valence-electron chi connectivity index (χ0n) is 18.7. The number of morpholine rings is 1. The molecule has 1 atom stereocenters. The van der Waals surface area contributed by atoms with Crippen molar-refractivity contribution in [3.8, 4) is 11.4 Å². The van der Waals surface area contributed by atoms with Gasteiger partial charge in [0.2, 0.25) is 0 Å². The molecule has 3 aromatic rings. The lowest BCUT2D eigenvalue weighted by molar-refractivity contribution is 0.0952. The van der Waals surface area contributed by atoms with Crippen molar-refractivity contribution in [2.75, 3.05) is 41.9 Å². The van der Waals surface area contributed by atoms with Crippen LogP contribution in [0.25, 0.3) is 11.4 Å². The third-order valence-corrected chi connectivity index (χ3v) is 5.80. The van der Waals surface area contributed by atoms with Gasteiger partial charge in [-0.3, -0.25) is 4.68 Å². The lowest BCUT2D eigenvalue weighted by Crippen LogP contribution is -2.45. The highest BCUT2D eigenvalue weighted by molar-refractivity contribution is 5.99. The van der Waals surface area contributed by atoms with E-state index in [4.69, 9.17) is 19.4 Å². The minimum atomic E-state index is -0.329. The summed E-state index contributed by atoms with van der Waals surface area (Å²) in [6.45, 7) is 5.49. The molecule has 2 N–H and O–H groups in total. The minimum Gasteiger partial charge on any atom is -0.377 e. The number of ether oxygens (including phenoxy) is 2. The Morgan fingerprint density at radius 2 is 1.91 bits per heavy atom. The van der Waals surface area contributed by atoms with Gasteiger partial charge in [0, 0.05) is 43.0 Å². The van der Waals surface area contributed by atoms with Crippen LogP contribution in [0.3, 0.4) is 0 Å². The average molecular weight is 450 g/mol. The fourth-order valence-electron chi connectivity index (χ4n) is 4.11. The molecule has 0 aliphatic carbocycles.